The second kappa shape index (κ2) is 7.57. The maximum atomic E-state index is 12.1. The molecule has 7 heteroatoms. The Hall–Kier alpha value is -3.22. The van der Waals surface area contributed by atoms with Crippen LogP contribution in [0.15, 0.2) is 48.5 Å². The van der Waals surface area contributed by atoms with Gasteiger partial charge in [0.25, 0.3) is 0 Å². The molecule has 0 atom stereocenters. The number of fused-ring (bicyclic) bond motifs is 1. The summed E-state index contributed by atoms with van der Waals surface area (Å²) < 4.78 is 1.72. The zero-order valence-electron chi connectivity index (χ0n) is 13.9. The number of hydrogen-bond acceptors (Lipinski definition) is 4. The molecule has 0 aliphatic carbocycles. The topological polar surface area (TPSA) is 88.9 Å². The van der Waals surface area contributed by atoms with Gasteiger partial charge in [-0.25, -0.2) is 4.68 Å². The number of hydrogen-bond donors (Lipinski definition) is 2. The maximum absolute atomic E-state index is 12.1. The number of nitrogens with one attached hydrogen (secondary N) is 2. The van der Waals surface area contributed by atoms with E-state index in [9.17, 15) is 9.59 Å². The van der Waals surface area contributed by atoms with Crippen molar-refractivity contribution in [2.75, 3.05) is 10.6 Å². The largest absolute Gasteiger partial charge is 0.326 e. The van der Waals surface area contributed by atoms with Gasteiger partial charge in [-0.15, -0.1) is 5.10 Å². The Kier molecular flexibility index (Phi) is 5.03. The SMILES string of the molecule is CCC(=O)Nc1ccc(NC(=O)CCn2nnc3ccccc32)cc1. The van der Waals surface area contributed by atoms with Crippen molar-refractivity contribution in [2.24, 2.45) is 0 Å². The van der Waals surface area contributed by atoms with Crippen molar-refractivity contribution in [3.63, 3.8) is 0 Å². The molecule has 0 saturated carbocycles. The van der Waals surface area contributed by atoms with E-state index in [4.69, 9.17) is 0 Å². The smallest absolute Gasteiger partial charge is 0.226 e. The van der Waals surface area contributed by atoms with Crippen LogP contribution >= 0.6 is 0 Å². The first-order valence-corrected chi connectivity index (χ1v) is 8.13. The van der Waals surface area contributed by atoms with Crippen LogP contribution in [-0.2, 0) is 16.1 Å². The summed E-state index contributed by atoms with van der Waals surface area (Å²) in [6.45, 7) is 2.25. The van der Waals surface area contributed by atoms with E-state index in [0.717, 1.165) is 11.0 Å². The third kappa shape index (κ3) is 4.20. The van der Waals surface area contributed by atoms with Gasteiger partial charge in [0, 0.05) is 24.2 Å². The van der Waals surface area contributed by atoms with E-state index in [1.807, 2.05) is 24.3 Å². The molecule has 0 aliphatic rings. The van der Waals surface area contributed by atoms with E-state index >= 15 is 0 Å². The van der Waals surface area contributed by atoms with Gasteiger partial charge in [-0.1, -0.05) is 24.3 Å². The molecule has 0 saturated heterocycles. The number of nitrogens with zero attached hydrogens (tertiary/aromatic N) is 3. The minimum Gasteiger partial charge on any atom is -0.326 e. The normalized spacial score (nSPS) is 10.6. The van der Waals surface area contributed by atoms with Crippen molar-refractivity contribution in [1.29, 1.82) is 0 Å². The second-order valence-corrected chi connectivity index (χ2v) is 5.58. The molecule has 2 amide bonds. The van der Waals surface area contributed by atoms with Gasteiger partial charge in [0.2, 0.25) is 11.8 Å². The van der Waals surface area contributed by atoms with E-state index in [2.05, 4.69) is 20.9 Å². The summed E-state index contributed by atoms with van der Waals surface area (Å²) in [6.07, 6.45) is 0.719. The number of aryl methyl sites for hydroxylation is 1. The van der Waals surface area contributed by atoms with E-state index in [1.54, 1.807) is 35.9 Å². The zero-order valence-corrected chi connectivity index (χ0v) is 13.9. The van der Waals surface area contributed by atoms with Crippen molar-refractivity contribution in [3.05, 3.63) is 48.5 Å². The van der Waals surface area contributed by atoms with Crippen molar-refractivity contribution in [1.82, 2.24) is 15.0 Å². The van der Waals surface area contributed by atoms with Gasteiger partial charge in [-0.05, 0) is 36.4 Å². The predicted molar refractivity (Wildman–Crippen MR) is 96.1 cm³/mol. The predicted octanol–water partition coefficient (Wildman–Crippen LogP) is 2.81. The highest BCUT2D eigenvalue weighted by Gasteiger charge is 2.07. The molecule has 0 radical (unpaired) electrons. The van der Waals surface area contributed by atoms with Crippen LogP contribution in [0.2, 0.25) is 0 Å². The van der Waals surface area contributed by atoms with Crippen molar-refractivity contribution >= 4 is 34.2 Å². The molecule has 0 bridgehead atoms. The van der Waals surface area contributed by atoms with Gasteiger partial charge < -0.3 is 10.6 Å². The van der Waals surface area contributed by atoms with Crippen molar-refractivity contribution in [3.8, 4) is 0 Å². The summed E-state index contributed by atoms with van der Waals surface area (Å²) in [4.78, 5) is 23.5. The number of carbonyl (C=O) groups is 2. The Labute approximate surface area is 145 Å². The van der Waals surface area contributed by atoms with E-state index in [0.29, 0.717) is 30.8 Å². The lowest BCUT2D eigenvalue weighted by atomic mass is 10.2. The van der Waals surface area contributed by atoms with Crippen LogP contribution in [0.3, 0.4) is 0 Å². The first kappa shape index (κ1) is 16.6. The quantitative estimate of drug-likeness (QED) is 0.724. The van der Waals surface area contributed by atoms with Crippen LogP contribution < -0.4 is 10.6 Å². The molecule has 25 heavy (non-hydrogen) atoms. The molecule has 3 aromatic rings. The van der Waals surface area contributed by atoms with Crippen LogP contribution in [0.5, 0.6) is 0 Å². The molecule has 1 aromatic heterocycles. The molecule has 0 aliphatic heterocycles. The Balaban J connectivity index is 1.55. The summed E-state index contributed by atoms with van der Waals surface area (Å²) in [6, 6.07) is 14.7. The van der Waals surface area contributed by atoms with Crippen LogP contribution in [0.25, 0.3) is 11.0 Å². The number of amides is 2. The lowest BCUT2D eigenvalue weighted by Gasteiger charge is -2.08. The number of benzene rings is 2. The Bertz CT molecular complexity index is 886. The Morgan fingerprint density at radius 3 is 2.28 bits per heavy atom. The van der Waals surface area contributed by atoms with Gasteiger partial charge in [0.15, 0.2) is 0 Å². The van der Waals surface area contributed by atoms with Gasteiger partial charge in [-0.2, -0.15) is 0 Å². The van der Waals surface area contributed by atoms with Gasteiger partial charge in [-0.3, -0.25) is 9.59 Å². The lowest BCUT2D eigenvalue weighted by Crippen LogP contribution is -2.15. The number of carbonyl (C=O) groups excluding carboxylic acids is 2. The summed E-state index contributed by atoms with van der Waals surface area (Å²) in [5.41, 5.74) is 3.11. The third-order valence-corrected chi connectivity index (χ3v) is 3.74. The van der Waals surface area contributed by atoms with Gasteiger partial charge >= 0.3 is 0 Å². The van der Waals surface area contributed by atoms with Crippen molar-refractivity contribution in [2.45, 2.75) is 26.3 Å². The highest BCUT2D eigenvalue weighted by atomic mass is 16.2. The molecule has 2 N–H and O–H groups in total. The standard InChI is InChI=1S/C18H19N5O2/c1-2-17(24)19-13-7-9-14(10-8-13)20-18(25)11-12-23-16-6-4-3-5-15(16)21-22-23/h3-10H,2,11-12H2,1H3,(H,19,24)(H,20,25). The minimum absolute atomic E-state index is 0.0446. The van der Waals surface area contributed by atoms with Crippen LogP contribution in [0.1, 0.15) is 19.8 Å². The van der Waals surface area contributed by atoms with Gasteiger partial charge in [0.1, 0.15) is 5.52 Å². The second-order valence-electron chi connectivity index (χ2n) is 5.58. The molecule has 0 spiro atoms. The first-order chi connectivity index (χ1) is 12.2. The molecule has 0 fully saturated rings. The average molecular weight is 337 g/mol. The van der Waals surface area contributed by atoms with E-state index in [-0.39, 0.29) is 11.8 Å². The fourth-order valence-corrected chi connectivity index (χ4v) is 2.40. The summed E-state index contributed by atoms with van der Waals surface area (Å²) in [5, 5.41) is 13.7. The van der Waals surface area contributed by atoms with E-state index in [1.165, 1.54) is 0 Å². The first-order valence-electron chi connectivity index (χ1n) is 8.13. The zero-order chi connectivity index (χ0) is 17.6. The number of para-hydroxylation sites is 1. The molecule has 7 nitrogen and oxygen atoms in total. The van der Waals surface area contributed by atoms with Crippen molar-refractivity contribution < 1.29 is 9.59 Å². The highest BCUT2D eigenvalue weighted by Crippen LogP contribution is 2.15. The molecule has 2 aromatic carbocycles. The number of aromatic nitrogens is 3. The number of anilines is 2. The van der Waals surface area contributed by atoms with Gasteiger partial charge in [0.05, 0.1) is 12.1 Å². The van der Waals surface area contributed by atoms with E-state index < -0.39 is 0 Å². The van der Waals surface area contributed by atoms with Crippen LogP contribution in [0.4, 0.5) is 11.4 Å². The Morgan fingerprint density at radius 2 is 1.60 bits per heavy atom. The third-order valence-electron chi connectivity index (χ3n) is 3.74. The maximum Gasteiger partial charge on any atom is 0.226 e. The average Bonchev–Trinajstić information content (AvgIpc) is 3.05. The fourth-order valence-electron chi connectivity index (χ4n) is 2.40. The summed E-state index contributed by atoms with van der Waals surface area (Å²) in [5.74, 6) is -0.151. The number of rotatable bonds is 6. The molecule has 1 heterocycles. The van der Waals surface area contributed by atoms with Crippen LogP contribution in [-0.4, -0.2) is 26.8 Å². The highest BCUT2D eigenvalue weighted by molar-refractivity contribution is 5.92. The van der Waals surface area contributed by atoms with Crippen LogP contribution in [0, 0.1) is 0 Å². The molecule has 0 unspecified atom stereocenters. The summed E-state index contributed by atoms with van der Waals surface area (Å²) in [7, 11) is 0. The fraction of sp³-hybridized carbons (Fsp3) is 0.222. The summed E-state index contributed by atoms with van der Waals surface area (Å²) >= 11 is 0. The molecule has 128 valence electrons. The molecular weight excluding hydrogens is 318 g/mol. The lowest BCUT2D eigenvalue weighted by molar-refractivity contribution is -0.117. The molecule has 3 rings (SSSR count). The monoisotopic (exact) mass is 337 g/mol. The minimum atomic E-state index is -0.107. The Morgan fingerprint density at radius 1 is 0.960 bits per heavy atom. The molecular formula is C18H19N5O2.